The fourth-order valence-corrected chi connectivity index (χ4v) is 5.36. The maximum atomic E-state index is 13.9. The zero-order valence-electron chi connectivity index (χ0n) is 22.2. The van der Waals surface area contributed by atoms with Crippen molar-refractivity contribution in [2.45, 2.75) is 26.7 Å². The minimum atomic E-state index is -0.553. The Morgan fingerprint density at radius 3 is 2.33 bits per heavy atom. The van der Waals surface area contributed by atoms with E-state index < -0.39 is 5.92 Å². The number of aryl methyl sites for hydroxylation is 3. The summed E-state index contributed by atoms with van der Waals surface area (Å²) >= 11 is 0. The van der Waals surface area contributed by atoms with Gasteiger partial charge >= 0.3 is 0 Å². The Hall–Kier alpha value is -5.31. The predicted molar refractivity (Wildman–Crippen MR) is 151 cm³/mol. The van der Waals surface area contributed by atoms with E-state index in [0.717, 1.165) is 28.1 Å². The van der Waals surface area contributed by atoms with Crippen molar-refractivity contribution < 1.29 is 9.53 Å². The fraction of sp³-hybridized carbons (Fsp3) is 0.129. The molecule has 196 valence electrons. The van der Waals surface area contributed by atoms with Crippen LogP contribution in [0.2, 0.25) is 0 Å². The van der Waals surface area contributed by atoms with Crippen molar-refractivity contribution in [2.24, 2.45) is 0 Å². The number of nitrogens with one attached hydrogen (secondary N) is 1. The lowest BCUT2D eigenvalue weighted by molar-refractivity contribution is -0.116. The molecule has 4 heterocycles. The number of hydrogen-bond acceptors (Lipinski definition) is 6. The third-order valence-corrected chi connectivity index (χ3v) is 7.15. The predicted octanol–water partition coefficient (Wildman–Crippen LogP) is 5.80. The summed E-state index contributed by atoms with van der Waals surface area (Å²) in [5, 5.41) is 13.1. The molecule has 9 nitrogen and oxygen atoms in total. The smallest absolute Gasteiger partial charge is 0.237 e. The minimum Gasteiger partial charge on any atom is -0.457 e. The minimum absolute atomic E-state index is 0.194. The summed E-state index contributed by atoms with van der Waals surface area (Å²) in [6, 6.07) is 23.3. The van der Waals surface area contributed by atoms with E-state index in [2.05, 4.69) is 51.5 Å². The van der Waals surface area contributed by atoms with Gasteiger partial charge in [-0.2, -0.15) is 14.9 Å². The SMILES string of the molecule is Cc1ccc(-n2ncc3c(-n4nc(C)cc4NC(=O)C4c5ccccc5Oc5ccccc54)ncnc32)c(C)c1. The van der Waals surface area contributed by atoms with Crippen molar-refractivity contribution in [1.29, 1.82) is 0 Å². The highest BCUT2D eigenvalue weighted by molar-refractivity contribution is 5.99. The molecule has 3 aromatic heterocycles. The number of fused-ring (bicyclic) bond motifs is 3. The quantitative estimate of drug-likeness (QED) is 0.311. The van der Waals surface area contributed by atoms with Crippen LogP contribution >= 0.6 is 0 Å². The number of ether oxygens (including phenoxy) is 1. The molecule has 0 fully saturated rings. The van der Waals surface area contributed by atoms with Crippen LogP contribution in [0.3, 0.4) is 0 Å². The number of rotatable bonds is 4. The summed E-state index contributed by atoms with van der Waals surface area (Å²) in [5.74, 6) is 1.62. The van der Waals surface area contributed by atoms with Crippen molar-refractivity contribution in [3.05, 3.63) is 113 Å². The molecule has 6 aromatic rings. The van der Waals surface area contributed by atoms with Crippen molar-refractivity contribution in [3.63, 3.8) is 0 Å². The second kappa shape index (κ2) is 9.16. The molecular formula is C31H25N7O2. The van der Waals surface area contributed by atoms with E-state index in [0.29, 0.717) is 34.2 Å². The van der Waals surface area contributed by atoms with E-state index >= 15 is 0 Å². The summed E-state index contributed by atoms with van der Waals surface area (Å²) < 4.78 is 9.53. The van der Waals surface area contributed by atoms with Gasteiger partial charge in [0.2, 0.25) is 5.91 Å². The lowest BCUT2D eigenvalue weighted by atomic mass is 9.87. The van der Waals surface area contributed by atoms with Crippen LogP contribution in [0.25, 0.3) is 22.5 Å². The van der Waals surface area contributed by atoms with Crippen LogP contribution in [0.4, 0.5) is 5.82 Å². The average molecular weight is 528 g/mol. The molecule has 0 saturated carbocycles. The van der Waals surface area contributed by atoms with Crippen LogP contribution < -0.4 is 10.1 Å². The number of carbonyl (C=O) groups excluding carboxylic acids is 1. The molecule has 0 bridgehead atoms. The zero-order chi connectivity index (χ0) is 27.4. The van der Waals surface area contributed by atoms with Crippen molar-refractivity contribution in [1.82, 2.24) is 29.5 Å². The topological polar surface area (TPSA) is 99.8 Å². The first-order chi connectivity index (χ1) is 19.5. The van der Waals surface area contributed by atoms with E-state index in [1.54, 1.807) is 15.6 Å². The number of carbonyl (C=O) groups is 1. The molecule has 0 atom stereocenters. The molecule has 1 amide bonds. The number of aromatic nitrogens is 6. The standard InChI is InChI=1S/C31H25N7O2/c1-18-12-13-24(19(2)14-18)37-29-23(16-34-37)30(33-17-32-29)38-27(15-20(3)36-38)35-31(39)28-21-8-4-6-10-25(21)40-26-11-7-5-9-22(26)28/h4-17,28H,1-3H3,(H,35,39). The van der Waals surface area contributed by atoms with Crippen LogP contribution in [-0.4, -0.2) is 35.4 Å². The Morgan fingerprint density at radius 1 is 0.875 bits per heavy atom. The van der Waals surface area contributed by atoms with Gasteiger partial charge in [-0.15, -0.1) is 0 Å². The number of amides is 1. The van der Waals surface area contributed by atoms with Crippen LogP contribution in [0.15, 0.2) is 85.3 Å². The van der Waals surface area contributed by atoms with Crippen molar-refractivity contribution >= 4 is 22.8 Å². The number of hydrogen-bond donors (Lipinski definition) is 1. The van der Waals surface area contributed by atoms with E-state index in [-0.39, 0.29) is 5.91 Å². The Balaban J connectivity index is 1.30. The Kier molecular flexibility index (Phi) is 5.45. The van der Waals surface area contributed by atoms with Gasteiger partial charge in [-0.1, -0.05) is 54.1 Å². The van der Waals surface area contributed by atoms with E-state index in [1.165, 1.54) is 11.9 Å². The second-order valence-corrected chi connectivity index (χ2v) is 9.96. The molecule has 40 heavy (non-hydrogen) atoms. The summed E-state index contributed by atoms with van der Waals surface area (Å²) in [6.45, 7) is 5.99. The molecule has 0 saturated heterocycles. The molecule has 0 radical (unpaired) electrons. The summed E-state index contributed by atoms with van der Waals surface area (Å²) in [4.78, 5) is 23.0. The van der Waals surface area contributed by atoms with E-state index in [4.69, 9.17) is 4.74 Å². The van der Waals surface area contributed by atoms with Gasteiger partial charge in [0, 0.05) is 17.2 Å². The highest BCUT2D eigenvalue weighted by Crippen LogP contribution is 2.44. The van der Waals surface area contributed by atoms with Gasteiger partial charge in [-0.3, -0.25) is 4.79 Å². The van der Waals surface area contributed by atoms with Crippen molar-refractivity contribution in [3.8, 4) is 23.0 Å². The number of benzene rings is 3. The number of para-hydroxylation sites is 2. The zero-order valence-corrected chi connectivity index (χ0v) is 22.2. The van der Waals surface area contributed by atoms with E-state index in [1.807, 2.05) is 67.6 Å². The summed E-state index contributed by atoms with van der Waals surface area (Å²) in [5.41, 5.74) is 6.19. The lowest BCUT2D eigenvalue weighted by Gasteiger charge is -2.27. The van der Waals surface area contributed by atoms with Crippen LogP contribution in [0.1, 0.15) is 33.9 Å². The average Bonchev–Trinajstić information content (AvgIpc) is 3.54. The Labute approximate surface area is 230 Å². The van der Waals surface area contributed by atoms with Gasteiger partial charge in [0.25, 0.3) is 0 Å². The first kappa shape index (κ1) is 23.8. The molecule has 1 aliphatic heterocycles. The highest BCUT2D eigenvalue weighted by Gasteiger charge is 2.33. The highest BCUT2D eigenvalue weighted by atomic mass is 16.5. The summed E-state index contributed by atoms with van der Waals surface area (Å²) in [7, 11) is 0. The number of anilines is 1. The molecule has 0 aliphatic carbocycles. The third kappa shape index (κ3) is 3.82. The van der Waals surface area contributed by atoms with Crippen LogP contribution in [0.5, 0.6) is 11.5 Å². The maximum absolute atomic E-state index is 13.9. The second-order valence-electron chi connectivity index (χ2n) is 9.96. The first-order valence-electron chi connectivity index (χ1n) is 13.0. The van der Waals surface area contributed by atoms with Gasteiger partial charge in [0.1, 0.15) is 23.6 Å². The molecule has 7 rings (SSSR count). The third-order valence-electron chi connectivity index (χ3n) is 7.15. The number of nitrogens with zero attached hydrogens (tertiary/aromatic N) is 6. The molecule has 1 N–H and O–H groups in total. The van der Waals surface area contributed by atoms with Gasteiger partial charge in [-0.25, -0.2) is 14.6 Å². The molecule has 9 heteroatoms. The van der Waals surface area contributed by atoms with Crippen molar-refractivity contribution in [2.75, 3.05) is 5.32 Å². The van der Waals surface area contributed by atoms with Crippen LogP contribution in [0, 0.1) is 20.8 Å². The van der Waals surface area contributed by atoms with Gasteiger partial charge < -0.3 is 10.1 Å². The Morgan fingerprint density at radius 2 is 1.60 bits per heavy atom. The molecule has 0 spiro atoms. The Bertz CT molecular complexity index is 1890. The van der Waals surface area contributed by atoms with Gasteiger partial charge in [0.15, 0.2) is 11.5 Å². The maximum Gasteiger partial charge on any atom is 0.237 e. The normalized spacial score (nSPS) is 12.6. The monoisotopic (exact) mass is 527 g/mol. The first-order valence-corrected chi connectivity index (χ1v) is 13.0. The fourth-order valence-electron chi connectivity index (χ4n) is 5.36. The van der Waals surface area contributed by atoms with E-state index in [9.17, 15) is 4.79 Å². The van der Waals surface area contributed by atoms with Gasteiger partial charge in [-0.05, 0) is 44.5 Å². The largest absolute Gasteiger partial charge is 0.457 e. The lowest BCUT2D eigenvalue weighted by Crippen LogP contribution is -2.26. The molecule has 0 unspecified atom stereocenters. The summed E-state index contributed by atoms with van der Waals surface area (Å²) in [6.07, 6.45) is 3.23. The van der Waals surface area contributed by atoms with Crippen LogP contribution in [-0.2, 0) is 4.79 Å². The van der Waals surface area contributed by atoms with Gasteiger partial charge in [0.05, 0.1) is 28.9 Å². The molecule has 3 aromatic carbocycles. The molecule has 1 aliphatic rings. The molecular weight excluding hydrogens is 502 g/mol.